The first-order chi connectivity index (χ1) is 7.83. The van der Waals surface area contributed by atoms with E-state index in [1.165, 1.54) is 24.0 Å². The maximum atomic E-state index is 3.46. The summed E-state index contributed by atoms with van der Waals surface area (Å²) in [5.41, 5.74) is 2.69. The van der Waals surface area contributed by atoms with Crippen LogP contribution >= 0.6 is 0 Å². The molecule has 2 N–H and O–H groups in total. The second-order valence-corrected chi connectivity index (χ2v) is 4.27. The Kier molecular flexibility index (Phi) is 6.86. The van der Waals surface area contributed by atoms with Crippen LogP contribution in [0.4, 0.5) is 0 Å². The number of hydrogen-bond donors (Lipinski definition) is 2. The fourth-order valence-electron chi connectivity index (χ4n) is 1.58. The highest BCUT2D eigenvalue weighted by Crippen LogP contribution is 2.02. The van der Waals surface area contributed by atoms with Crippen molar-refractivity contribution in [2.24, 2.45) is 0 Å². The van der Waals surface area contributed by atoms with E-state index in [0.29, 0.717) is 0 Å². The lowest BCUT2D eigenvalue weighted by molar-refractivity contribution is 0.592. The predicted molar refractivity (Wildman–Crippen MR) is 70.7 cm³/mol. The molecule has 0 spiro atoms. The molecule has 0 bridgehead atoms. The molecule has 16 heavy (non-hydrogen) atoms. The quantitative estimate of drug-likeness (QED) is 0.658. The molecule has 0 saturated heterocycles. The van der Waals surface area contributed by atoms with Crippen molar-refractivity contribution in [3.8, 4) is 0 Å². The summed E-state index contributed by atoms with van der Waals surface area (Å²) >= 11 is 0. The average Bonchev–Trinajstić information content (AvgIpc) is 2.30. The summed E-state index contributed by atoms with van der Waals surface area (Å²) in [6.07, 6.45) is 2.42. The van der Waals surface area contributed by atoms with Crippen LogP contribution in [0, 0.1) is 6.92 Å². The molecule has 0 aromatic heterocycles. The van der Waals surface area contributed by atoms with Crippen LogP contribution in [0.3, 0.4) is 0 Å². The maximum Gasteiger partial charge on any atom is 0.0205 e. The number of aryl methyl sites for hydroxylation is 1. The van der Waals surface area contributed by atoms with Gasteiger partial charge < -0.3 is 10.6 Å². The average molecular weight is 220 g/mol. The van der Waals surface area contributed by atoms with Gasteiger partial charge in [-0.15, -0.1) is 0 Å². The summed E-state index contributed by atoms with van der Waals surface area (Å²) in [6.45, 7) is 8.64. The van der Waals surface area contributed by atoms with Gasteiger partial charge >= 0.3 is 0 Å². The van der Waals surface area contributed by atoms with Crippen molar-refractivity contribution in [2.45, 2.75) is 33.2 Å². The minimum Gasteiger partial charge on any atom is -0.317 e. The molecule has 0 fully saturated rings. The highest BCUT2D eigenvalue weighted by Gasteiger charge is 1.92. The van der Waals surface area contributed by atoms with Crippen molar-refractivity contribution in [2.75, 3.05) is 19.6 Å². The summed E-state index contributed by atoms with van der Waals surface area (Å²) in [5.74, 6) is 0. The Morgan fingerprint density at radius 2 is 1.62 bits per heavy atom. The minimum atomic E-state index is 0.980. The van der Waals surface area contributed by atoms with Crippen molar-refractivity contribution in [1.82, 2.24) is 10.6 Å². The third-order valence-electron chi connectivity index (χ3n) is 2.58. The zero-order valence-corrected chi connectivity index (χ0v) is 10.6. The molecule has 0 unspecified atom stereocenters. The Labute approximate surface area is 99.5 Å². The highest BCUT2D eigenvalue weighted by atomic mass is 14.9. The molecule has 1 aromatic carbocycles. The fourth-order valence-corrected chi connectivity index (χ4v) is 1.58. The monoisotopic (exact) mass is 220 g/mol. The van der Waals surface area contributed by atoms with Gasteiger partial charge in [-0.2, -0.15) is 0 Å². The van der Waals surface area contributed by atoms with Crippen molar-refractivity contribution in [3.63, 3.8) is 0 Å². The van der Waals surface area contributed by atoms with E-state index >= 15 is 0 Å². The number of rotatable bonds is 8. The Balaban J connectivity index is 2.01. The molecular weight excluding hydrogens is 196 g/mol. The molecule has 1 rings (SSSR count). The first kappa shape index (κ1) is 13.2. The molecule has 0 saturated carbocycles. The molecule has 0 radical (unpaired) electrons. The van der Waals surface area contributed by atoms with Gasteiger partial charge in [-0.05, 0) is 45.0 Å². The van der Waals surface area contributed by atoms with E-state index in [9.17, 15) is 0 Å². The van der Waals surface area contributed by atoms with Crippen molar-refractivity contribution < 1.29 is 0 Å². The van der Waals surface area contributed by atoms with E-state index < -0.39 is 0 Å². The zero-order valence-electron chi connectivity index (χ0n) is 10.6. The molecule has 2 nitrogen and oxygen atoms in total. The van der Waals surface area contributed by atoms with Crippen molar-refractivity contribution in [3.05, 3.63) is 35.4 Å². The minimum absolute atomic E-state index is 0.980. The van der Waals surface area contributed by atoms with Crippen LogP contribution in [0.25, 0.3) is 0 Å². The van der Waals surface area contributed by atoms with Gasteiger partial charge in [0.05, 0.1) is 0 Å². The fraction of sp³-hybridized carbons (Fsp3) is 0.571. The zero-order chi connectivity index (χ0) is 11.6. The van der Waals surface area contributed by atoms with Crippen LogP contribution in [0.1, 0.15) is 30.9 Å². The maximum absolute atomic E-state index is 3.46. The molecule has 0 heterocycles. The number of nitrogens with one attached hydrogen (secondary N) is 2. The largest absolute Gasteiger partial charge is 0.317 e. The highest BCUT2D eigenvalue weighted by molar-refractivity contribution is 5.20. The van der Waals surface area contributed by atoms with Crippen LogP contribution in [0.5, 0.6) is 0 Å². The lowest BCUT2D eigenvalue weighted by Gasteiger charge is -2.06. The molecule has 1 aromatic rings. The molecule has 0 amide bonds. The topological polar surface area (TPSA) is 24.1 Å². The van der Waals surface area contributed by atoms with E-state index in [1.54, 1.807) is 0 Å². The first-order valence-electron chi connectivity index (χ1n) is 6.30. The van der Waals surface area contributed by atoms with Gasteiger partial charge in [-0.3, -0.25) is 0 Å². The Morgan fingerprint density at radius 3 is 2.31 bits per heavy atom. The second-order valence-electron chi connectivity index (χ2n) is 4.27. The van der Waals surface area contributed by atoms with E-state index in [-0.39, 0.29) is 0 Å². The van der Waals surface area contributed by atoms with Crippen LogP contribution in [0.2, 0.25) is 0 Å². The molecule has 0 aliphatic heterocycles. The van der Waals surface area contributed by atoms with E-state index in [1.807, 2.05) is 0 Å². The van der Waals surface area contributed by atoms with Gasteiger partial charge in [-0.25, -0.2) is 0 Å². The summed E-state index contributed by atoms with van der Waals surface area (Å²) in [7, 11) is 0. The summed E-state index contributed by atoms with van der Waals surface area (Å²) < 4.78 is 0. The molecule has 0 aliphatic rings. The van der Waals surface area contributed by atoms with Gasteiger partial charge in [0.1, 0.15) is 0 Å². The Morgan fingerprint density at radius 1 is 0.938 bits per heavy atom. The van der Waals surface area contributed by atoms with Crippen LogP contribution in [-0.4, -0.2) is 19.6 Å². The standard InChI is InChI=1S/C14H24N2/c1-3-9-15-10-4-11-16-12-14-7-5-13(2)6-8-14/h5-8,15-16H,3-4,9-12H2,1-2H3. The lowest BCUT2D eigenvalue weighted by atomic mass is 10.1. The van der Waals surface area contributed by atoms with Crippen molar-refractivity contribution >= 4 is 0 Å². The van der Waals surface area contributed by atoms with Crippen molar-refractivity contribution in [1.29, 1.82) is 0 Å². The third kappa shape index (κ3) is 5.89. The van der Waals surface area contributed by atoms with E-state index in [0.717, 1.165) is 26.2 Å². The van der Waals surface area contributed by atoms with Gasteiger partial charge in [0.25, 0.3) is 0 Å². The van der Waals surface area contributed by atoms with Gasteiger partial charge in [0.15, 0.2) is 0 Å². The molecule has 90 valence electrons. The smallest absolute Gasteiger partial charge is 0.0205 e. The predicted octanol–water partition coefficient (Wildman–Crippen LogP) is 2.47. The number of hydrogen-bond acceptors (Lipinski definition) is 2. The normalized spacial score (nSPS) is 10.6. The van der Waals surface area contributed by atoms with Gasteiger partial charge in [-0.1, -0.05) is 36.8 Å². The first-order valence-corrected chi connectivity index (χ1v) is 6.30. The summed E-state index contributed by atoms with van der Waals surface area (Å²) in [4.78, 5) is 0. The van der Waals surface area contributed by atoms with Crippen LogP contribution in [-0.2, 0) is 6.54 Å². The molecular formula is C14H24N2. The van der Waals surface area contributed by atoms with Gasteiger partial charge in [0, 0.05) is 6.54 Å². The molecule has 0 aliphatic carbocycles. The van der Waals surface area contributed by atoms with E-state index in [2.05, 4.69) is 48.7 Å². The third-order valence-corrected chi connectivity index (χ3v) is 2.58. The van der Waals surface area contributed by atoms with E-state index in [4.69, 9.17) is 0 Å². The molecule has 2 heteroatoms. The Hall–Kier alpha value is -0.860. The Bertz CT molecular complexity index is 267. The summed E-state index contributed by atoms with van der Waals surface area (Å²) in [5, 5.41) is 6.86. The van der Waals surface area contributed by atoms with Crippen LogP contribution in [0.15, 0.2) is 24.3 Å². The SMILES string of the molecule is CCCNCCCNCc1ccc(C)cc1. The van der Waals surface area contributed by atoms with Gasteiger partial charge in [0.2, 0.25) is 0 Å². The summed E-state index contributed by atoms with van der Waals surface area (Å²) in [6, 6.07) is 8.72. The second kappa shape index (κ2) is 8.31. The van der Waals surface area contributed by atoms with Crippen LogP contribution < -0.4 is 10.6 Å². The lowest BCUT2D eigenvalue weighted by Crippen LogP contribution is -2.22. The molecule has 0 atom stereocenters. The number of benzene rings is 1.